The van der Waals surface area contributed by atoms with E-state index in [2.05, 4.69) is 9.97 Å². The fraction of sp³-hybridized carbons (Fsp3) is 0.526. The van der Waals surface area contributed by atoms with Gasteiger partial charge in [-0.1, -0.05) is 18.2 Å². The Kier molecular flexibility index (Phi) is 4.69. The van der Waals surface area contributed by atoms with E-state index in [1.54, 1.807) is 0 Å². The largest absolute Gasteiger partial charge is 0.444 e. The van der Waals surface area contributed by atoms with E-state index < -0.39 is 5.60 Å². The number of ether oxygens (including phenoxy) is 1. The number of fused-ring (bicyclic) bond motifs is 1. The third-order valence-electron chi connectivity index (χ3n) is 4.18. The number of nitrogens with zero attached hydrogens (tertiary/aromatic N) is 3. The number of carbonyl (C=O) groups is 1. The maximum Gasteiger partial charge on any atom is 0.410 e. The number of hydrogen-bond acceptors (Lipinski definition) is 4. The Bertz CT molecular complexity index is 724. The average molecular weight is 327 g/mol. The second-order valence-corrected chi connectivity index (χ2v) is 7.48. The fourth-order valence-electron chi connectivity index (χ4n) is 3.09. The van der Waals surface area contributed by atoms with Gasteiger partial charge in [0.05, 0.1) is 5.52 Å². The fourth-order valence-corrected chi connectivity index (χ4v) is 3.09. The molecule has 1 aliphatic heterocycles. The number of amides is 1. The van der Waals surface area contributed by atoms with Crippen LogP contribution < -0.4 is 0 Å². The lowest BCUT2D eigenvalue weighted by Gasteiger charge is -2.34. The number of para-hydroxylation sites is 1. The van der Waals surface area contributed by atoms with Crippen LogP contribution in [0.15, 0.2) is 30.5 Å². The first-order chi connectivity index (χ1) is 11.4. The van der Waals surface area contributed by atoms with Crippen molar-refractivity contribution in [2.24, 2.45) is 5.92 Å². The van der Waals surface area contributed by atoms with Gasteiger partial charge in [-0.3, -0.25) is 0 Å². The van der Waals surface area contributed by atoms with E-state index in [1.165, 1.54) is 0 Å². The van der Waals surface area contributed by atoms with Gasteiger partial charge in [0.15, 0.2) is 0 Å². The Labute approximate surface area is 143 Å². The van der Waals surface area contributed by atoms with Crippen molar-refractivity contribution in [3.05, 3.63) is 36.3 Å². The summed E-state index contributed by atoms with van der Waals surface area (Å²) >= 11 is 0. The molecule has 2 heterocycles. The topological polar surface area (TPSA) is 55.3 Å². The molecule has 2 aromatic rings. The molecule has 0 saturated carbocycles. The van der Waals surface area contributed by atoms with Crippen molar-refractivity contribution in [2.75, 3.05) is 13.1 Å². The molecule has 128 valence electrons. The second kappa shape index (κ2) is 6.75. The molecule has 0 radical (unpaired) electrons. The lowest BCUT2D eigenvalue weighted by atomic mass is 9.94. The van der Waals surface area contributed by atoms with Gasteiger partial charge in [0.2, 0.25) is 0 Å². The highest BCUT2D eigenvalue weighted by molar-refractivity contribution is 5.77. The average Bonchev–Trinajstić information content (AvgIpc) is 2.53. The number of benzene rings is 1. The first kappa shape index (κ1) is 16.7. The predicted molar refractivity (Wildman–Crippen MR) is 93.8 cm³/mol. The van der Waals surface area contributed by atoms with Gasteiger partial charge < -0.3 is 9.64 Å². The van der Waals surface area contributed by atoms with Crippen LogP contribution in [-0.2, 0) is 11.2 Å². The highest BCUT2D eigenvalue weighted by atomic mass is 16.6. The highest BCUT2D eigenvalue weighted by Gasteiger charge is 2.28. The van der Waals surface area contributed by atoms with Crippen molar-refractivity contribution in [3.63, 3.8) is 0 Å². The van der Waals surface area contributed by atoms with Crippen LogP contribution in [-0.4, -0.2) is 39.7 Å². The summed E-state index contributed by atoms with van der Waals surface area (Å²) in [5.41, 5.74) is 0.521. The monoisotopic (exact) mass is 327 g/mol. The Morgan fingerprint density at radius 3 is 2.92 bits per heavy atom. The van der Waals surface area contributed by atoms with Gasteiger partial charge in [-0.2, -0.15) is 0 Å². The molecule has 5 nitrogen and oxygen atoms in total. The molecule has 1 amide bonds. The summed E-state index contributed by atoms with van der Waals surface area (Å²) in [5, 5.41) is 1.06. The summed E-state index contributed by atoms with van der Waals surface area (Å²) in [7, 11) is 0. The van der Waals surface area contributed by atoms with Crippen molar-refractivity contribution >= 4 is 17.0 Å². The van der Waals surface area contributed by atoms with Crippen LogP contribution in [0, 0.1) is 5.92 Å². The number of aromatic nitrogens is 2. The number of carbonyl (C=O) groups excluding carboxylic acids is 1. The Balaban J connectivity index is 1.65. The normalized spacial score (nSPS) is 18.6. The van der Waals surface area contributed by atoms with Crippen molar-refractivity contribution < 1.29 is 9.53 Å². The van der Waals surface area contributed by atoms with Gasteiger partial charge in [0.1, 0.15) is 11.4 Å². The minimum atomic E-state index is -0.453. The molecular weight excluding hydrogens is 302 g/mol. The summed E-state index contributed by atoms with van der Waals surface area (Å²) in [6, 6.07) is 8.01. The smallest absolute Gasteiger partial charge is 0.410 e. The predicted octanol–water partition coefficient (Wildman–Crippen LogP) is 3.82. The number of rotatable bonds is 2. The van der Waals surface area contributed by atoms with E-state index in [0.717, 1.165) is 42.5 Å². The van der Waals surface area contributed by atoms with Crippen LogP contribution in [0.3, 0.4) is 0 Å². The van der Waals surface area contributed by atoms with Gasteiger partial charge in [-0.15, -0.1) is 0 Å². The van der Waals surface area contributed by atoms with Crippen molar-refractivity contribution in [2.45, 2.75) is 45.6 Å². The van der Waals surface area contributed by atoms with Crippen molar-refractivity contribution in [1.82, 2.24) is 14.9 Å². The molecule has 1 aromatic heterocycles. The SMILES string of the molecule is CC(C)(C)OC(=O)N1CCC[C@@H](Cc2ncc3ccccc3n2)C1. The molecule has 0 unspecified atom stereocenters. The standard InChI is InChI=1S/C19H25N3O2/c1-19(2,3)24-18(23)22-10-6-7-14(13-22)11-17-20-12-15-8-4-5-9-16(15)21-17/h4-5,8-9,12,14H,6-7,10-11,13H2,1-3H3/t14-/m0/s1. The first-order valence-corrected chi connectivity index (χ1v) is 8.59. The molecule has 0 N–H and O–H groups in total. The van der Waals surface area contributed by atoms with E-state index in [4.69, 9.17) is 4.74 Å². The molecule has 0 bridgehead atoms. The van der Waals surface area contributed by atoms with Crippen LogP contribution in [0.25, 0.3) is 10.9 Å². The van der Waals surface area contributed by atoms with Crippen LogP contribution in [0.5, 0.6) is 0 Å². The molecular formula is C19H25N3O2. The summed E-state index contributed by atoms with van der Waals surface area (Å²) < 4.78 is 5.49. The van der Waals surface area contributed by atoms with Gasteiger partial charge in [0.25, 0.3) is 0 Å². The van der Waals surface area contributed by atoms with Gasteiger partial charge in [-0.25, -0.2) is 14.8 Å². The van der Waals surface area contributed by atoms with Crippen LogP contribution in [0.1, 0.15) is 39.4 Å². The van der Waals surface area contributed by atoms with Crippen molar-refractivity contribution in [1.29, 1.82) is 0 Å². The molecule has 0 aliphatic carbocycles. The molecule has 1 fully saturated rings. The summed E-state index contributed by atoms with van der Waals surface area (Å²) in [6.45, 7) is 7.18. The Hall–Kier alpha value is -2.17. The van der Waals surface area contributed by atoms with Crippen molar-refractivity contribution in [3.8, 4) is 0 Å². The zero-order chi connectivity index (χ0) is 17.2. The zero-order valence-electron chi connectivity index (χ0n) is 14.7. The lowest BCUT2D eigenvalue weighted by molar-refractivity contribution is 0.0165. The van der Waals surface area contributed by atoms with E-state index in [0.29, 0.717) is 12.5 Å². The summed E-state index contributed by atoms with van der Waals surface area (Å²) in [5.74, 6) is 1.23. The van der Waals surface area contributed by atoms with E-state index in [9.17, 15) is 4.79 Å². The van der Waals surface area contributed by atoms with Gasteiger partial charge in [-0.05, 0) is 45.6 Å². The minimum Gasteiger partial charge on any atom is -0.444 e. The number of likely N-dealkylation sites (tertiary alicyclic amines) is 1. The quantitative estimate of drug-likeness (QED) is 0.841. The third-order valence-corrected chi connectivity index (χ3v) is 4.18. The zero-order valence-corrected chi connectivity index (χ0v) is 14.7. The van der Waals surface area contributed by atoms with Gasteiger partial charge >= 0.3 is 6.09 Å². The maximum absolute atomic E-state index is 12.3. The lowest BCUT2D eigenvalue weighted by Crippen LogP contribution is -2.43. The Morgan fingerprint density at radius 2 is 2.12 bits per heavy atom. The first-order valence-electron chi connectivity index (χ1n) is 8.59. The maximum atomic E-state index is 12.3. The van der Waals surface area contributed by atoms with E-state index in [-0.39, 0.29) is 6.09 Å². The molecule has 3 rings (SSSR count). The molecule has 24 heavy (non-hydrogen) atoms. The molecule has 1 aliphatic rings. The summed E-state index contributed by atoms with van der Waals surface area (Å²) in [6.07, 6.45) is 4.55. The molecule has 0 spiro atoms. The second-order valence-electron chi connectivity index (χ2n) is 7.48. The number of piperidine rings is 1. The van der Waals surface area contributed by atoms with E-state index in [1.807, 2.05) is 56.1 Å². The molecule has 1 aromatic carbocycles. The number of hydrogen-bond donors (Lipinski definition) is 0. The van der Waals surface area contributed by atoms with Crippen LogP contribution in [0.2, 0.25) is 0 Å². The minimum absolute atomic E-state index is 0.216. The molecule has 1 atom stereocenters. The third kappa shape index (κ3) is 4.22. The van der Waals surface area contributed by atoms with Crippen LogP contribution >= 0.6 is 0 Å². The molecule has 1 saturated heterocycles. The summed E-state index contributed by atoms with van der Waals surface area (Å²) in [4.78, 5) is 23.2. The van der Waals surface area contributed by atoms with Crippen LogP contribution in [0.4, 0.5) is 4.79 Å². The highest BCUT2D eigenvalue weighted by Crippen LogP contribution is 2.22. The van der Waals surface area contributed by atoms with Gasteiger partial charge in [0, 0.05) is 31.1 Å². The van der Waals surface area contributed by atoms with E-state index >= 15 is 0 Å². The molecule has 5 heteroatoms. The Morgan fingerprint density at radius 1 is 1.33 bits per heavy atom.